The van der Waals surface area contributed by atoms with Gasteiger partial charge in [-0.1, -0.05) is 0 Å². The fraction of sp³-hybridized carbons (Fsp3) is 0.667. The second kappa shape index (κ2) is 3.84. The Morgan fingerprint density at radius 2 is 2.47 bits per heavy atom. The summed E-state index contributed by atoms with van der Waals surface area (Å²) in [5.74, 6) is 0.924. The highest BCUT2D eigenvalue weighted by Gasteiger charge is 2.31. The van der Waals surface area contributed by atoms with Crippen LogP contribution in [0.25, 0.3) is 0 Å². The van der Waals surface area contributed by atoms with E-state index in [0.29, 0.717) is 17.9 Å². The fourth-order valence-corrected chi connectivity index (χ4v) is 3.41. The second-order valence-electron chi connectivity index (χ2n) is 3.79. The summed E-state index contributed by atoms with van der Waals surface area (Å²) in [5.41, 5.74) is 0. The van der Waals surface area contributed by atoms with E-state index in [1.807, 2.05) is 0 Å². The Hall–Kier alpha value is -1.04. The summed E-state index contributed by atoms with van der Waals surface area (Å²) < 4.78 is 30.0. The zero-order chi connectivity index (χ0) is 10.9. The maximum absolute atomic E-state index is 11.5. The molecule has 0 N–H and O–H groups in total. The van der Waals surface area contributed by atoms with Crippen LogP contribution in [-0.2, 0) is 16.9 Å². The molecule has 1 fully saturated rings. The molecule has 1 saturated heterocycles. The first-order chi connectivity index (χ1) is 7.08. The van der Waals surface area contributed by atoms with Gasteiger partial charge in [0.05, 0.1) is 23.4 Å². The molecule has 0 saturated carbocycles. The Bertz CT molecular complexity index is 438. The van der Waals surface area contributed by atoms with Crippen LogP contribution < -0.4 is 4.74 Å². The van der Waals surface area contributed by atoms with E-state index in [1.54, 1.807) is 24.1 Å². The summed E-state index contributed by atoms with van der Waals surface area (Å²) in [5, 5.41) is 3.60. The molecule has 15 heavy (non-hydrogen) atoms. The predicted molar refractivity (Wildman–Crippen MR) is 55.5 cm³/mol. The lowest BCUT2D eigenvalue weighted by molar-refractivity contribution is 0.311. The number of hydrogen-bond acceptors (Lipinski definition) is 4. The van der Waals surface area contributed by atoms with Gasteiger partial charge in [0.1, 0.15) is 6.61 Å². The van der Waals surface area contributed by atoms with Gasteiger partial charge in [0.2, 0.25) is 0 Å². The quantitative estimate of drug-likeness (QED) is 0.753. The average Bonchev–Trinajstić information content (AvgIpc) is 2.69. The van der Waals surface area contributed by atoms with Crippen molar-refractivity contribution in [1.29, 1.82) is 0 Å². The second-order valence-corrected chi connectivity index (χ2v) is 6.19. The van der Waals surface area contributed by atoms with Crippen molar-refractivity contribution < 1.29 is 13.2 Å². The Labute approximate surface area is 89.0 Å². The van der Waals surface area contributed by atoms with Crippen molar-refractivity contribution in [2.24, 2.45) is 7.05 Å². The normalized spacial score (nSPS) is 24.2. The maximum Gasteiger partial charge on any atom is 0.157 e. The van der Waals surface area contributed by atoms with Crippen LogP contribution in [0.4, 0.5) is 0 Å². The van der Waals surface area contributed by atoms with Gasteiger partial charge < -0.3 is 4.74 Å². The first-order valence-electron chi connectivity index (χ1n) is 4.91. The van der Waals surface area contributed by atoms with Gasteiger partial charge in [-0.25, -0.2) is 8.42 Å². The maximum atomic E-state index is 11.5. The Kier molecular flexibility index (Phi) is 2.68. The molecule has 1 unspecified atom stereocenters. The molecule has 0 aromatic carbocycles. The molecule has 5 nitrogen and oxygen atoms in total. The molecule has 2 heterocycles. The van der Waals surface area contributed by atoms with Gasteiger partial charge in [0.25, 0.3) is 0 Å². The molecule has 0 bridgehead atoms. The van der Waals surface area contributed by atoms with Gasteiger partial charge in [-0.3, -0.25) is 4.68 Å². The average molecular weight is 230 g/mol. The van der Waals surface area contributed by atoms with E-state index in [4.69, 9.17) is 4.74 Å². The summed E-state index contributed by atoms with van der Waals surface area (Å²) in [7, 11) is -1.11. The van der Waals surface area contributed by atoms with E-state index in [1.165, 1.54) is 0 Å². The zero-order valence-electron chi connectivity index (χ0n) is 8.59. The number of nitrogens with zero attached hydrogens (tertiary/aromatic N) is 2. The van der Waals surface area contributed by atoms with E-state index in [-0.39, 0.29) is 11.9 Å². The van der Waals surface area contributed by atoms with Crippen LogP contribution in [0.5, 0.6) is 5.75 Å². The summed E-state index contributed by atoms with van der Waals surface area (Å²) in [6.07, 6.45) is 4.77. The largest absolute Gasteiger partial charge is 0.489 e. The van der Waals surface area contributed by atoms with Crippen molar-refractivity contribution in [2.75, 3.05) is 12.4 Å². The molecular formula is C9H14N2O3S. The monoisotopic (exact) mass is 230 g/mol. The van der Waals surface area contributed by atoms with E-state index in [9.17, 15) is 8.42 Å². The molecule has 1 aliphatic rings. The third-order valence-corrected chi connectivity index (χ3v) is 4.83. The lowest BCUT2D eigenvalue weighted by Gasteiger charge is -2.09. The molecular weight excluding hydrogens is 216 g/mol. The first-order valence-corrected chi connectivity index (χ1v) is 6.62. The van der Waals surface area contributed by atoms with Crippen LogP contribution >= 0.6 is 0 Å². The number of sulfone groups is 1. The van der Waals surface area contributed by atoms with Crippen LogP contribution in [0, 0.1) is 0 Å². The van der Waals surface area contributed by atoms with Crippen LogP contribution in [-0.4, -0.2) is 35.8 Å². The molecule has 1 aliphatic heterocycles. The number of aryl methyl sites for hydroxylation is 1. The highest BCUT2D eigenvalue weighted by Crippen LogP contribution is 2.21. The summed E-state index contributed by atoms with van der Waals surface area (Å²) in [6.45, 7) is 0.244. The zero-order valence-corrected chi connectivity index (χ0v) is 9.40. The molecule has 1 aromatic heterocycles. The van der Waals surface area contributed by atoms with Crippen molar-refractivity contribution in [3.63, 3.8) is 0 Å². The van der Waals surface area contributed by atoms with Crippen LogP contribution in [0.1, 0.15) is 12.8 Å². The number of ether oxygens (including phenoxy) is 1. The summed E-state index contributed by atoms with van der Waals surface area (Å²) >= 11 is 0. The van der Waals surface area contributed by atoms with E-state index >= 15 is 0 Å². The predicted octanol–water partition coefficient (Wildman–Crippen LogP) is 0.376. The molecule has 2 rings (SSSR count). The van der Waals surface area contributed by atoms with Gasteiger partial charge in [-0.2, -0.15) is 5.10 Å². The van der Waals surface area contributed by atoms with Crippen molar-refractivity contribution in [2.45, 2.75) is 18.1 Å². The smallest absolute Gasteiger partial charge is 0.157 e. The van der Waals surface area contributed by atoms with Gasteiger partial charge >= 0.3 is 0 Å². The standard InChI is InChI=1S/C9H14N2O3S/c1-11-6-8(5-10-11)14-7-9-3-2-4-15(9,12)13/h5-6,9H,2-4,7H2,1H3. The number of hydrogen-bond donors (Lipinski definition) is 0. The topological polar surface area (TPSA) is 61.2 Å². The van der Waals surface area contributed by atoms with Crippen molar-refractivity contribution in [3.8, 4) is 5.75 Å². The molecule has 84 valence electrons. The van der Waals surface area contributed by atoms with Crippen LogP contribution in [0.2, 0.25) is 0 Å². The third kappa shape index (κ3) is 2.31. The highest BCUT2D eigenvalue weighted by molar-refractivity contribution is 7.92. The van der Waals surface area contributed by atoms with Gasteiger partial charge in [-0.15, -0.1) is 0 Å². The van der Waals surface area contributed by atoms with Crippen LogP contribution in [0.15, 0.2) is 12.4 Å². The summed E-state index contributed by atoms with van der Waals surface area (Å²) in [6, 6.07) is 0. The molecule has 1 atom stereocenters. The van der Waals surface area contributed by atoms with E-state index < -0.39 is 9.84 Å². The van der Waals surface area contributed by atoms with Crippen LogP contribution in [0.3, 0.4) is 0 Å². The lowest BCUT2D eigenvalue weighted by atomic mass is 10.3. The highest BCUT2D eigenvalue weighted by atomic mass is 32.2. The van der Waals surface area contributed by atoms with Crippen molar-refractivity contribution in [3.05, 3.63) is 12.4 Å². The first kappa shape index (κ1) is 10.5. The summed E-state index contributed by atoms with van der Waals surface area (Å²) in [4.78, 5) is 0. The van der Waals surface area contributed by atoms with Gasteiger partial charge in [0.15, 0.2) is 15.6 Å². The fourth-order valence-electron chi connectivity index (χ4n) is 1.71. The molecule has 1 aromatic rings. The van der Waals surface area contributed by atoms with E-state index in [0.717, 1.165) is 6.42 Å². The lowest BCUT2D eigenvalue weighted by Crippen LogP contribution is -2.23. The number of rotatable bonds is 3. The Morgan fingerprint density at radius 3 is 3.00 bits per heavy atom. The Morgan fingerprint density at radius 1 is 1.67 bits per heavy atom. The van der Waals surface area contributed by atoms with Gasteiger partial charge in [0, 0.05) is 7.05 Å². The third-order valence-electron chi connectivity index (χ3n) is 2.58. The molecule has 0 amide bonds. The molecule has 0 spiro atoms. The van der Waals surface area contributed by atoms with Crippen molar-refractivity contribution in [1.82, 2.24) is 9.78 Å². The van der Waals surface area contributed by atoms with E-state index in [2.05, 4.69) is 5.10 Å². The molecule has 0 radical (unpaired) electrons. The minimum absolute atomic E-state index is 0.244. The van der Waals surface area contributed by atoms with Gasteiger partial charge in [-0.05, 0) is 12.8 Å². The minimum Gasteiger partial charge on any atom is -0.489 e. The SMILES string of the molecule is Cn1cc(OCC2CCCS2(=O)=O)cn1. The van der Waals surface area contributed by atoms with Crippen molar-refractivity contribution >= 4 is 9.84 Å². The minimum atomic E-state index is -2.90. The molecule has 6 heteroatoms. The molecule has 0 aliphatic carbocycles. The number of aromatic nitrogens is 2. The Balaban J connectivity index is 1.94.